The van der Waals surface area contributed by atoms with Crippen LogP contribution in [0.3, 0.4) is 0 Å². The number of hydrogen-bond donors (Lipinski definition) is 1. The van der Waals surface area contributed by atoms with Gasteiger partial charge in [0.15, 0.2) is 11.6 Å². The molecule has 1 saturated heterocycles. The number of rotatable bonds is 7. The summed E-state index contributed by atoms with van der Waals surface area (Å²) in [6.07, 6.45) is 5.47. The lowest BCUT2D eigenvalue weighted by Gasteiger charge is -2.38. The van der Waals surface area contributed by atoms with E-state index in [1.807, 2.05) is 83.9 Å². The summed E-state index contributed by atoms with van der Waals surface area (Å²) in [5, 5.41) is 3.08. The van der Waals surface area contributed by atoms with Crippen molar-refractivity contribution in [2.24, 2.45) is 5.92 Å². The predicted molar refractivity (Wildman–Crippen MR) is 161 cm³/mol. The third kappa shape index (κ3) is 3.68. The number of ketones is 2. The lowest BCUT2D eigenvalue weighted by molar-refractivity contribution is -0.122. The van der Waals surface area contributed by atoms with E-state index in [0.717, 1.165) is 16.7 Å². The predicted octanol–water partition coefficient (Wildman–Crippen LogP) is 6.23. The minimum absolute atomic E-state index is 0.212. The lowest BCUT2D eigenvalue weighted by Crippen LogP contribution is -2.49. The molecular formula is C36H28N2O4. The molecule has 6 heteroatoms. The zero-order chi connectivity index (χ0) is 28.8. The smallest absolute Gasteiger partial charge is 0.238 e. The zero-order valence-corrected chi connectivity index (χ0v) is 22.8. The highest BCUT2D eigenvalue weighted by Gasteiger charge is 2.70. The molecule has 0 aromatic heterocycles. The van der Waals surface area contributed by atoms with Gasteiger partial charge < -0.3 is 15.0 Å². The summed E-state index contributed by atoms with van der Waals surface area (Å²) in [6.45, 7) is 3.99. The molecule has 0 unspecified atom stereocenters. The van der Waals surface area contributed by atoms with Gasteiger partial charge in [0.25, 0.3) is 0 Å². The van der Waals surface area contributed by atoms with Crippen LogP contribution in [0.4, 0.5) is 5.69 Å². The second-order valence-corrected chi connectivity index (χ2v) is 10.8. The van der Waals surface area contributed by atoms with Crippen molar-refractivity contribution in [2.45, 2.75) is 17.5 Å². The Bertz CT molecular complexity index is 1780. The van der Waals surface area contributed by atoms with Crippen molar-refractivity contribution < 1.29 is 19.1 Å². The van der Waals surface area contributed by atoms with Gasteiger partial charge in [-0.2, -0.15) is 0 Å². The molecule has 4 aromatic rings. The highest BCUT2D eigenvalue weighted by atomic mass is 16.5. The number of hydrogen-bond acceptors (Lipinski definition) is 5. The number of para-hydroxylation sites is 1. The molecule has 42 heavy (non-hydrogen) atoms. The summed E-state index contributed by atoms with van der Waals surface area (Å²) in [5.41, 5.74) is 2.71. The molecule has 0 saturated carbocycles. The van der Waals surface area contributed by atoms with Gasteiger partial charge in [-0.1, -0.05) is 97.6 Å². The van der Waals surface area contributed by atoms with Crippen molar-refractivity contribution in [1.29, 1.82) is 0 Å². The molecule has 1 spiro atoms. The van der Waals surface area contributed by atoms with Gasteiger partial charge in [0, 0.05) is 23.0 Å². The summed E-state index contributed by atoms with van der Waals surface area (Å²) in [7, 11) is 0. The first-order chi connectivity index (χ1) is 20.6. The molecule has 3 aliphatic rings. The number of carbonyl (C=O) groups is 3. The summed E-state index contributed by atoms with van der Waals surface area (Å²) >= 11 is 0. The monoisotopic (exact) mass is 552 g/mol. The Morgan fingerprint density at radius 3 is 2.45 bits per heavy atom. The van der Waals surface area contributed by atoms with E-state index in [1.165, 1.54) is 0 Å². The van der Waals surface area contributed by atoms with Gasteiger partial charge in [0.1, 0.15) is 23.8 Å². The van der Waals surface area contributed by atoms with Crippen LogP contribution in [0.1, 0.15) is 43.4 Å². The number of carbonyl (C=O) groups excluding carboxylic acids is 3. The van der Waals surface area contributed by atoms with Gasteiger partial charge in [0.2, 0.25) is 5.91 Å². The molecule has 3 aliphatic heterocycles. The number of Topliss-reactive ketones (excluding diaryl/α,β-unsaturated/α-hetero) is 2. The Labute approximate surface area is 243 Å². The fourth-order valence-electron chi connectivity index (χ4n) is 7.01. The molecule has 7 rings (SSSR count). The molecule has 1 amide bonds. The molecular weight excluding hydrogens is 524 g/mol. The second kappa shape index (κ2) is 10.00. The van der Waals surface area contributed by atoms with Gasteiger partial charge in [0.05, 0.1) is 12.0 Å². The highest BCUT2D eigenvalue weighted by molar-refractivity contribution is 6.16. The third-order valence-corrected chi connectivity index (χ3v) is 8.67. The SMILES string of the molecule is C=CCOc1cccc(C(=O)[C@@H]2[C@@H](C(=O)c3ccccc3)N3C=Cc4ccccc4[C@@H]3[C@]23C(=O)Nc2ccccc23)c1. The number of amides is 1. The van der Waals surface area contributed by atoms with E-state index in [0.29, 0.717) is 22.6 Å². The maximum atomic E-state index is 14.9. The fourth-order valence-corrected chi connectivity index (χ4v) is 7.01. The minimum atomic E-state index is -1.37. The van der Waals surface area contributed by atoms with Gasteiger partial charge in [-0.15, -0.1) is 0 Å². The van der Waals surface area contributed by atoms with E-state index in [4.69, 9.17) is 4.74 Å². The fraction of sp³-hybridized carbons (Fsp3) is 0.139. The molecule has 1 fully saturated rings. The van der Waals surface area contributed by atoms with Crippen LogP contribution in [-0.2, 0) is 10.2 Å². The van der Waals surface area contributed by atoms with Crippen LogP contribution in [0.15, 0.2) is 122 Å². The number of nitrogens with one attached hydrogen (secondary N) is 1. The topological polar surface area (TPSA) is 75.7 Å². The average Bonchev–Trinajstić information content (AvgIpc) is 3.52. The van der Waals surface area contributed by atoms with Crippen LogP contribution < -0.4 is 10.1 Å². The quantitative estimate of drug-likeness (QED) is 0.217. The van der Waals surface area contributed by atoms with E-state index in [1.54, 1.807) is 42.5 Å². The number of ether oxygens (including phenoxy) is 1. The molecule has 0 bridgehead atoms. The van der Waals surface area contributed by atoms with Crippen LogP contribution in [0.2, 0.25) is 0 Å². The Balaban J connectivity index is 1.50. The normalized spacial score (nSPS) is 23.1. The summed E-state index contributed by atoms with van der Waals surface area (Å²) in [4.78, 5) is 45.9. The first kappa shape index (κ1) is 25.7. The van der Waals surface area contributed by atoms with Crippen molar-refractivity contribution in [2.75, 3.05) is 11.9 Å². The molecule has 4 atom stereocenters. The average molecular weight is 553 g/mol. The van der Waals surface area contributed by atoms with Crippen molar-refractivity contribution in [3.05, 3.63) is 150 Å². The largest absolute Gasteiger partial charge is 0.490 e. The maximum absolute atomic E-state index is 14.9. The zero-order valence-electron chi connectivity index (χ0n) is 22.8. The minimum Gasteiger partial charge on any atom is -0.490 e. The molecule has 0 radical (unpaired) electrons. The van der Waals surface area contributed by atoms with Crippen LogP contribution in [0.25, 0.3) is 6.08 Å². The van der Waals surface area contributed by atoms with Gasteiger partial charge >= 0.3 is 0 Å². The molecule has 6 nitrogen and oxygen atoms in total. The standard InChI is InChI=1S/C36H28N2O4/c1-2-21-42-26-15-10-14-25(22-26)32(39)30-31(33(40)24-12-4-3-5-13-24)38-20-19-23-11-6-7-16-27(23)34(38)36(30)28-17-8-9-18-29(28)37-35(36)41/h2-20,22,30-31,34H,1,21H2,(H,37,41)/t30-,31-,34+,36+/m0/s1. The van der Waals surface area contributed by atoms with Crippen LogP contribution in [0, 0.1) is 5.92 Å². The Morgan fingerprint density at radius 2 is 1.62 bits per heavy atom. The molecule has 0 aliphatic carbocycles. The van der Waals surface area contributed by atoms with Gasteiger partial charge in [-0.3, -0.25) is 14.4 Å². The third-order valence-electron chi connectivity index (χ3n) is 8.67. The van der Waals surface area contributed by atoms with Crippen molar-refractivity contribution in [3.63, 3.8) is 0 Å². The van der Waals surface area contributed by atoms with Gasteiger partial charge in [-0.25, -0.2) is 0 Å². The Morgan fingerprint density at radius 1 is 0.881 bits per heavy atom. The summed E-state index contributed by atoms with van der Waals surface area (Å²) in [6, 6.07) is 29.8. The van der Waals surface area contributed by atoms with Crippen LogP contribution in [0.5, 0.6) is 5.75 Å². The number of benzene rings is 4. The second-order valence-electron chi connectivity index (χ2n) is 10.8. The summed E-state index contributed by atoms with van der Waals surface area (Å²) in [5.74, 6) is -1.32. The Hall–Kier alpha value is -5.23. The first-order valence-electron chi connectivity index (χ1n) is 14.0. The number of nitrogens with zero attached hydrogens (tertiary/aromatic N) is 1. The van der Waals surface area contributed by atoms with E-state index < -0.39 is 23.4 Å². The molecule has 206 valence electrons. The van der Waals surface area contributed by atoms with Crippen molar-refractivity contribution in [1.82, 2.24) is 4.90 Å². The number of anilines is 1. The molecule has 3 heterocycles. The van der Waals surface area contributed by atoms with Crippen LogP contribution >= 0.6 is 0 Å². The van der Waals surface area contributed by atoms with E-state index >= 15 is 0 Å². The van der Waals surface area contributed by atoms with Crippen molar-refractivity contribution in [3.8, 4) is 5.75 Å². The highest BCUT2D eigenvalue weighted by Crippen LogP contribution is 2.62. The maximum Gasteiger partial charge on any atom is 0.238 e. The molecule has 4 aromatic carbocycles. The lowest BCUT2D eigenvalue weighted by atomic mass is 9.62. The van der Waals surface area contributed by atoms with Gasteiger partial charge in [-0.05, 0) is 41.0 Å². The van der Waals surface area contributed by atoms with E-state index in [-0.39, 0.29) is 24.1 Å². The molecule has 1 N–H and O–H groups in total. The Kier molecular flexibility index (Phi) is 6.12. The van der Waals surface area contributed by atoms with Crippen LogP contribution in [-0.4, -0.2) is 35.0 Å². The first-order valence-corrected chi connectivity index (χ1v) is 14.0. The van der Waals surface area contributed by atoms with Crippen molar-refractivity contribution >= 4 is 29.2 Å². The number of fused-ring (bicyclic) bond motifs is 6. The summed E-state index contributed by atoms with van der Waals surface area (Å²) < 4.78 is 5.75. The van der Waals surface area contributed by atoms with E-state index in [9.17, 15) is 14.4 Å². The van der Waals surface area contributed by atoms with E-state index in [2.05, 4.69) is 11.9 Å².